The first-order valence-corrected chi connectivity index (χ1v) is 8.93. The maximum absolute atomic E-state index is 12.7. The fourth-order valence-electron chi connectivity index (χ4n) is 3.27. The lowest BCUT2D eigenvalue weighted by Gasteiger charge is -2.36. The predicted molar refractivity (Wildman–Crippen MR) is 103 cm³/mol. The maximum atomic E-state index is 12.7. The number of nitrogens with one attached hydrogen (secondary N) is 1. The van der Waals surface area contributed by atoms with Gasteiger partial charge in [-0.1, -0.05) is 17.7 Å². The highest BCUT2D eigenvalue weighted by Gasteiger charge is 2.23. The molecule has 3 rings (SSSR count). The number of rotatable bonds is 4. The molecule has 138 valence electrons. The molecule has 0 aliphatic carbocycles. The number of hydrogen-bond acceptors (Lipinski definition) is 4. The van der Waals surface area contributed by atoms with Crippen LogP contribution in [0.25, 0.3) is 0 Å². The van der Waals surface area contributed by atoms with Gasteiger partial charge in [-0.15, -0.1) is 0 Å². The summed E-state index contributed by atoms with van der Waals surface area (Å²) in [5.74, 6) is 0.797. The summed E-state index contributed by atoms with van der Waals surface area (Å²) in [6.07, 6.45) is 3.59. The van der Waals surface area contributed by atoms with E-state index in [9.17, 15) is 4.79 Å². The standard InChI is InChI=1S/C20H26N4O2/c1-15-4-5-19(26-3)18(14-15)16(2)22-20(25)24-12-10-23(11-13-24)17-6-8-21-9-7-17/h4-9,14,16H,10-13H2,1-3H3,(H,22,25). The smallest absolute Gasteiger partial charge is 0.317 e. The Bertz CT molecular complexity index is 743. The maximum Gasteiger partial charge on any atom is 0.317 e. The summed E-state index contributed by atoms with van der Waals surface area (Å²) >= 11 is 0. The van der Waals surface area contributed by atoms with Crippen LogP contribution in [0, 0.1) is 6.92 Å². The second-order valence-electron chi connectivity index (χ2n) is 6.60. The number of anilines is 1. The third-order valence-corrected chi connectivity index (χ3v) is 4.79. The Morgan fingerprint density at radius 3 is 2.50 bits per heavy atom. The van der Waals surface area contributed by atoms with E-state index in [1.54, 1.807) is 19.5 Å². The number of nitrogens with zero attached hydrogens (tertiary/aromatic N) is 3. The van der Waals surface area contributed by atoms with Crippen LogP contribution in [0.1, 0.15) is 24.1 Å². The molecular weight excluding hydrogens is 328 g/mol. The first-order valence-electron chi connectivity index (χ1n) is 8.93. The van der Waals surface area contributed by atoms with Gasteiger partial charge < -0.3 is 19.9 Å². The number of methoxy groups -OCH3 is 1. The lowest BCUT2D eigenvalue weighted by Crippen LogP contribution is -2.52. The van der Waals surface area contributed by atoms with Gasteiger partial charge in [0.05, 0.1) is 13.2 Å². The molecule has 1 aromatic carbocycles. The van der Waals surface area contributed by atoms with Crippen molar-refractivity contribution < 1.29 is 9.53 Å². The Morgan fingerprint density at radius 1 is 1.15 bits per heavy atom. The highest BCUT2D eigenvalue weighted by Crippen LogP contribution is 2.26. The Hall–Kier alpha value is -2.76. The van der Waals surface area contributed by atoms with Crippen LogP contribution in [0.2, 0.25) is 0 Å². The average molecular weight is 354 g/mol. The molecule has 2 amide bonds. The number of amides is 2. The number of benzene rings is 1. The summed E-state index contributed by atoms with van der Waals surface area (Å²) in [6.45, 7) is 7.06. The van der Waals surface area contributed by atoms with Crippen LogP contribution in [0.3, 0.4) is 0 Å². The van der Waals surface area contributed by atoms with Crippen LogP contribution in [0.5, 0.6) is 5.75 Å². The monoisotopic (exact) mass is 354 g/mol. The minimum Gasteiger partial charge on any atom is -0.496 e. The number of urea groups is 1. The number of aryl methyl sites for hydroxylation is 1. The zero-order chi connectivity index (χ0) is 18.5. The predicted octanol–water partition coefficient (Wildman–Crippen LogP) is 2.99. The van der Waals surface area contributed by atoms with Crippen molar-refractivity contribution in [2.45, 2.75) is 19.9 Å². The van der Waals surface area contributed by atoms with E-state index < -0.39 is 0 Å². The van der Waals surface area contributed by atoms with Crippen LogP contribution >= 0.6 is 0 Å². The van der Waals surface area contributed by atoms with Crippen molar-refractivity contribution in [1.82, 2.24) is 15.2 Å². The second-order valence-corrected chi connectivity index (χ2v) is 6.60. The molecule has 1 atom stereocenters. The molecule has 1 aliphatic rings. The van der Waals surface area contributed by atoms with Crippen molar-refractivity contribution >= 4 is 11.7 Å². The molecule has 0 radical (unpaired) electrons. The highest BCUT2D eigenvalue weighted by molar-refractivity contribution is 5.75. The van der Waals surface area contributed by atoms with Gasteiger partial charge in [-0.3, -0.25) is 4.98 Å². The summed E-state index contributed by atoms with van der Waals surface area (Å²) in [5, 5.41) is 3.10. The Balaban J connectivity index is 1.58. The minimum atomic E-state index is -0.115. The van der Waals surface area contributed by atoms with E-state index in [-0.39, 0.29) is 12.1 Å². The normalized spacial score (nSPS) is 15.5. The summed E-state index contributed by atoms with van der Waals surface area (Å²) in [5.41, 5.74) is 3.29. The first-order chi connectivity index (χ1) is 12.6. The number of carbonyl (C=O) groups excluding carboxylic acids is 1. The molecule has 26 heavy (non-hydrogen) atoms. The van der Waals surface area contributed by atoms with E-state index in [4.69, 9.17) is 4.74 Å². The lowest BCUT2D eigenvalue weighted by molar-refractivity contribution is 0.191. The largest absolute Gasteiger partial charge is 0.496 e. The average Bonchev–Trinajstić information content (AvgIpc) is 2.68. The molecule has 1 N–H and O–H groups in total. The quantitative estimate of drug-likeness (QED) is 0.917. The molecule has 1 fully saturated rings. The van der Waals surface area contributed by atoms with Gasteiger partial charge in [0, 0.05) is 49.8 Å². The van der Waals surface area contributed by atoms with E-state index in [0.29, 0.717) is 13.1 Å². The molecule has 1 aliphatic heterocycles. The lowest BCUT2D eigenvalue weighted by atomic mass is 10.0. The van der Waals surface area contributed by atoms with Gasteiger partial charge in [-0.2, -0.15) is 0 Å². The van der Waals surface area contributed by atoms with E-state index in [1.165, 1.54) is 0 Å². The zero-order valence-electron chi connectivity index (χ0n) is 15.6. The Labute approximate surface area is 154 Å². The van der Waals surface area contributed by atoms with Gasteiger partial charge in [-0.05, 0) is 32.0 Å². The summed E-state index contributed by atoms with van der Waals surface area (Å²) in [4.78, 5) is 20.9. The van der Waals surface area contributed by atoms with Crippen LogP contribution in [-0.4, -0.2) is 49.2 Å². The van der Waals surface area contributed by atoms with Gasteiger partial charge in [0.2, 0.25) is 0 Å². The second kappa shape index (κ2) is 8.08. The number of ether oxygens (including phenoxy) is 1. The van der Waals surface area contributed by atoms with E-state index in [2.05, 4.69) is 21.3 Å². The first kappa shape index (κ1) is 18.0. The van der Waals surface area contributed by atoms with Crippen LogP contribution in [-0.2, 0) is 0 Å². The fourth-order valence-corrected chi connectivity index (χ4v) is 3.27. The minimum absolute atomic E-state index is 0.0320. The van der Waals surface area contributed by atoms with Crippen molar-refractivity contribution in [2.75, 3.05) is 38.2 Å². The number of aromatic nitrogens is 1. The third kappa shape index (κ3) is 4.07. The fraction of sp³-hybridized carbons (Fsp3) is 0.400. The molecule has 1 saturated heterocycles. The zero-order valence-corrected chi connectivity index (χ0v) is 15.6. The molecule has 2 heterocycles. The van der Waals surface area contributed by atoms with Crippen molar-refractivity contribution in [3.05, 3.63) is 53.9 Å². The van der Waals surface area contributed by atoms with Gasteiger partial charge in [0.1, 0.15) is 5.75 Å². The van der Waals surface area contributed by atoms with Crippen molar-refractivity contribution in [3.8, 4) is 5.75 Å². The van der Waals surface area contributed by atoms with E-state index in [1.807, 2.05) is 43.0 Å². The molecule has 0 saturated carbocycles. The third-order valence-electron chi connectivity index (χ3n) is 4.79. The number of carbonyl (C=O) groups is 1. The molecule has 2 aromatic rings. The van der Waals surface area contributed by atoms with Crippen molar-refractivity contribution in [2.24, 2.45) is 0 Å². The molecule has 6 nitrogen and oxygen atoms in total. The SMILES string of the molecule is COc1ccc(C)cc1C(C)NC(=O)N1CCN(c2ccncc2)CC1. The number of pyridine rings is 1. The molecule has 6 heteroatoms. The topological polar surface area (TPSA) is 57.7 Å². The van der Waals surface area contributed by atoms with Crippen LogP contribution in [0.4, 0.5) is 10.5 Å². The van der Waals surface area contributed by atoms with Gasteiger partial charge in [-0.25, -0.2) is 4.79 Å². The van der Waals surface area contributed by atoms with E-state index in [0.717, 1.165) is 35.7 Å². The van der Waals surface area contributed by atoms with Gasteiger partial charge in [0.25, 0.3) is 0 Å². The Kier molecular flexibility index (Phi) is 5.61. The molecule has 0 spiro atoms. The summed E-state index contributed by atoms with van der Waals surface area (Å²) in [7, 11) is 1.65. The molecule has 1 aromatic heterocycles. The molecular formula is C20H26N4O2. The van der Waals surface area contributed by atoms with Gasteiger partial charge >= 0.3 is 6.03 Å². The Morgan fingerprint density at radius 2 is 1.85 bits per heavy atom. The van der Waals surface area contributed by atoms with E-state index >= 15 is 0 Å². The van der Waals surface area contributed by atoms with Crippen LogP contribution < -0.4 is 15.0 Å². The van der Waals surface area contributed by atoms with Crippen LogP contribution in [0.15, 0.2) is 42.7 Å². The van der Waals surface area contributed by atoms with Gasteiger partial charge in [0.15, 0.2) is 0 Å². The number of piperazine rings is 1. The molecule has 1 unspecified atom stereocenters. The summed E-state index contributed by atoms with van der Waals surface area (Å²) < 4.78 is 5.43. The molecule has 0 bridgehead atoms. The van der Waals surface area contributed by atoms with Crippen molar-refractivity contribution in [3.63, 3.8) is 0 Å². The number of hydrogen-bond donors (Lipinski definition) is 1. The highest BCUT2D eigenvalue weighted by atomic mass is 16.5. The summed E-state index contributed by atoms with van der Waals surface area (Å²) in [6, 6.07) is 9.87. The van der Waals surface area contributed by atoms with Crippen molar-refractivity contribution in [1.29, 1.82) is 0 Å².